The van der Waals surface area contributed by atoms with Gasteiger partial charge in [-0.2, -0.15) is 0 Å². The quantitative estimate of drug-likeness (QED) is 0.825. The average Bonchev–Trinajstić information content (AvgIpc) is 2.54. The Morgan fingerprint density at radius 3 is 2.57 bits per heavy atom. The van der Waals surface area contributed by atoms with Gasteiger partial charge in [0.15, 0.2) is 0 Å². The van der Waals surface area contributed by atoms with Gasteiger partial charge in [0.2, 0.25) is 5.91 Å². The van der Waals surface area contributed by atoms with Gasteiger partial charge in [0.1, 0.15) is 0 Å². The Bertz CT molecular complexity index is 636. The van der Waals surface area contributed by atoms with E-state index in [1.54, 1.807) is 30.5 Å². The fraction of sp³-hybridized carbons (Fsp3) is 0.0625. The van der Waals surface area contributed by atoms with Crippen molar-refractivity contribution in [1.29, 1.82) is 0 Å². The van der Waals surface area contributed by atoms with E-state index in [-0.39, 0.29) is 11.8 Å². The summed E-state index contributed by atoms with van der Waals surface area (Å²) in [5.74, 6) is -0.431. The summed E-state index contributed by atoms with van der Waals surface area (Å²) in [5.41, 5.74) is 2.14. The Morgan fingerprint density at radius 2 is 1.95 bits per heavy atom. The summed E-state index contributed by atoms with van der Waals surface area (Å²) in [7, 11) is 0. The number of rotatable bonds is 5. The van der Waals surface area contributed by atoms with Crippen LogP contribution in [0.5, 0.6) is 0 Å². The maximum Gasteiger partial charge on any atom is 0.253 e. The number of amides is 2. The fourth-order valence-electron chi connectivity index (χ4n) is 1.68. The van der Waals surface area contributed by atoms with Crippen molar-refractivity contribution in [2.75, 3.05) is 5.32 Å². The lowest BCUT2D eigenvalue weighted by Crippen LogP contribution is -2.22. The Kier molecular flexibility index (Phi) is 4.82. The number of nitrogens with one attached hydrogen (secondary N) is 2. The standard InChI is InChI=1S/C16H15N3O2/c1-2-15(20)19-14-7-5-12(6-8-14)10-18-16(21)13-4-3-9-17-11-13/h2-9,11H,1,10H2,(H,18,21)(H,19,20). The van der Waals surface area contributed by atoms with Crippen molar-refractivity contribution in [3.05, 3.63) is 72.6 Å². The summed E-state index contributed by atoms with van der Waals surface area (Å²) in [6.07, 6.45) is 4.35. The largest absolute Gasteiger partial charge is 0.348 e. The number of hydrogen-bond acceptors (Lipinski definition) is 3. The first-order chi connectivity index (χ1) is 10.2. The van der Waals surface area contributed by atoms with Crippen molar-refractivity contribution in [2.24, 2.45) is 0 Å². The minimum absolute atomic E-state index is 0.174. The molecule has 106 valence electrons. The summed E-state index contributed by atoms with van der Waals surface area (Å²) >= 11 is 0. The molecule has 2 aromatic rings. The van der Waals surface area contributed by atoms with E-state index in [0.717, 1.165) is 5.56 Å². The van der Waals surface area contributed by atoms with Crippen LogP contribution >= 0.6 is 0 Å². The predicted molar refractivity (Wildman–Crippen MR) is 80.7 cm³/mol. The first kappa shape index (κ1) is 14.5. The minimum atomic E-state index is -0.257. The minimum Gasteiger partial charge on any atom is -0.348 e. The lowest BCUT2D eigenvalue weighted by Gasteiger charge is -2.07. The monoisotopic (exact) mass is 281 g/mol. The maximum absolute atomic E-state index is 11.9. The topological polar surface area (TPSA) is 71.1 Å². The Morgan fingerprint density at radius 1 is 1.19 bits per heavy atom. The zero-order chi connectivity index (χ0) is 15.1. The molecule has 0 aliphatic heterocycles. The molecular formula is C16H15N3O2. The van der Waals surface area contributed by atoms with Gasteiger partial charge in [0.05, 0.1) is 5.56 Å². The molecule has 0 saturated carbocycles. The van der Waals surface area contributed by atoms with E-state index in [1.807, 2.05) is 12.1 Å². The van der Waals surface area contributed by atoms with E-state index < -0.39 is 0 Å². The normalized spacial score (nSPS) is 9.71. The number of anilines is 1. The molecule has 0 spiro atoms. The number of hydrogen-bond donors (Lipinski definition) is 2. The SMILES string of the molecule is C=CC(=O)Nc1ccc(CNC(=O)c2cccnc2)cc1. The third kappa shape index (κ3) is 4.28. The molecule has 0 fully saturated rings. The van der Waals surface area contributed by atoms with E-state index in [0.29, 0.717) is 17.8 Å². The van der Waals surface area contributed by atoms with Gasteiger partial charge >= 0.3 is 0 Å². The zero-order valence-electron chi connectivity index (χ0n) is 11.4. The lowest BCUT2D eigenvalue weighted by molar-refractivity contribution is -0.111. The Hall–Kier alpha value is -2.95. The van der Waals surface area contributed by atoms with Crippen LogP contribution in [0.15, 0.2) is 61.4 Å². The predicted octanol–water partition coefficient (Wildman–Crippen LogP) is 2.14. The molecule has 2 amide bonds. The van der Waals surface area contributed by atoms with Crippen LogP contribution in [-0.2, 0) is 11.3 Å². The molecule has 2 rings (SSSR count). The van der Waals surface area contributed by atoms with Crippen molar-refractivity contribution < 1.29 is 9.59 Å². The van der Waals surface area contributed by atoms with Crippen LogP contribution in [0.4, 0.5) is 5.69 Å². The lowest BCUT2D eigenvalue weighted by atomic mass is 10.2. The van der Waals surface area contributed by atoms with Crippen LogP contribution in [0.3, 0.4) is 0 Å². The van der Waals surface area contributed by atoms with Crippen molar-refractivity contribution in [1.82, 2.24) is 10.3 Å². The van der Waals surface area contributed by atoms with Gasteiger partial charge in [0.25, 0.3) is 5.91 Å². The summed E-state index contributed by atoms with van der Waals surface area (Å²) in [6, 6.07) is 10.6. The molecule has 0 aliphatic carbocycles. The molecule has 2 N–H and O–H groups in total. The van der Waals surface area contributed by atoms with Gasteiger partial charge < -0.3 is 10.6 Å². The van der Waals surface area contributed by atoms with E-state index in [1.165, 1.54) is 12.3 Å². The van der Waals surface area contributed by atoms with E-state index in [9.17, 15) is 9.59 Å². The van der Waals surface area contributed by atoms with Gasteiger partial charge in [-0.1, -0.05) is 18.7 Å². The van der Waals surface area contributed by atoms with Crippen molar-refractivity contribution >= 4 is 17.5 Å². The number of carbonyl (C=O) groups excluding carboxylic acids is 2. The Labute approximate surface area is 122 Å². The number of pyridine rings is 1. The highest BCUT2D eigenvalue weighted by atomic mass is 16.2. The van der Waals surface area contributed by atoms with Crippen LogP contribution in [0, 0.1) is 0 Å². The second kappa shape index (κ2) is 7.00. The van der Waals surface area contributed by atoms with E-state index in [2.05, 4.69) is 22.2 Å². The third-order valence-corrected chi connectivity index (χ3v) is 2.78. The summed E-state index contributed by atoms with van der Waals surface area (Å²) in [5, 5.41) is 5.46. The molecule has 0 aliphatic rings. The second-order valence-electron chi connectivity index (χ2n) is 4.31. The molecule has 0 radical (unpaired) electrons. The van der Waals surface area contributed by atoms with Crippen molar-refractivity contribution in [3.8, 4) is 0 Å². The highest BCUT2D eigenvalue weighted by molar-refractivity contribution is 5.98. The molecule has 5 nitrogen and oxygen atoms in total. The molecule has 5 heteroatoms. The molecule has 1 aromatic carbocycles. The molecule has 0 atom stereocenters. The van der Waals surface area contributed by atoms with Crippen LogP contribution in [0.1, 0.15) is 15.9 Å². The molecule has 1 aromatic heterocycles. The molecule has 0 unspecified atom stereocenters. The van der Waals surface area contributed by atoms with Gasteiger partial charge in [-0.3, -0.25) is 14.6 Å². The number of nitrogens with zero attached hydrogens (tertiary/aromatic N) is 1. The third-order valence-electron chi connectivity index (χ3n) is 2.78. The molecule has 1 heterocycles. The second-order valence-corrected chi connectivity index (χ2v) is 4.31. The summed E-state index contributed by atoms with van der Waals surface area (Å²) < 4.78 is 0. The first-order valence-corrected chi connectivity index (χ1v) is 6.39. The highest BCUT2D eigenvalue weighted by Crippen LogP contribution is 2.09. The van der Waals surface area contributed by atoms with Crippen LogP contribution in [0.2, 0.25) is 0 Å². The van der Waals surface area contributed by atoms with Gasteiger partial charge in [-0.25, -0.2) is 0 Å². The summed E-state index contributed by atoms with van der Waals surface area (Å²) in [6.45, 7) is 3.79. The van der Waals surface area contributed by atoms with E-state index >= 15 is 0 Å². The van der Waals surface area contributed by atoms with Crippen LogP contribution < -0.4 is 10.6 Å². The number of aromatic nitrogens is 1. The summed E-state index contributed by atoms with van der Waals surface area (Å²) in [4.78, 5) is 26.9. The average molecular weight is 281 g/mol. The molecular weight excluding hydrogens is 266 g/mol. The zero-order valence-corrected chi connectivity index (χ0v) is 11.4. The highest BCUT2D eigenvalue weighted by Gasteiger charge is 2.04. The first-order valence-electron chi connectivity index (χ1n) is 6.39. The smallest absolute Gasteiger partial charge is 0.253 e. The van der Waals surface area contributed by atoms with E-state index in [4.69, 9.17) is 0 Å². The maximum atomic E-state index is 11.9. The van der Waals surface area contributed by atoms with Crippen molar-refractivity contribution in [2.45, 2.75) is 6.54 Å². The number of carbonyl (C=O) groups is 2. The van der Waals surface area contributed by atoms with Crippen LogP contribution in [-0.4, -0.2) is 16.8 Å². The number of benzene rings is 1. The van der Waals surface area contributed by atoms with Crippen LogP contribution in [0.25, 0.3) is 0 Å². The van der Waals surface area contributed by atoms with Gasteiger partial charge in [0, 0.05) is 24.6 Å². The Balaban J connectivity index is 1.90. The van der Waals surface area contributed by atoms with Gasteiger partial charge in [-0.15, -0.1) is 0 Å². The molecule has 0 saturated heterocycles. The fourth-order valence-corrected chi connectivity index (χ4v) is 1.68. The molecule has 0 bridgehead atoms. The molecule has 21 heavy (non-hydrogen) atoms. The van der Waals surface area contributed by atoms with Crippen molar-refractivity contribution in [3.63, 3.8) is 0 Å². The van der Waals surface area contributed by atoms with Gasteiger partial charge in [-0.05, 0) is 35.9 Å².